The standard InChI is InChI=1S/C12H7Cl2N3O3/c13-9-2-1-7(17(19)20)5-11(9)16-12(18)8-3-4-15-6-10(8)14/h1-6H,(H,16,18). The number of nitrogens with zero attached hydrogens (tertiary/aromatic N) is 2. The monoisotopic (exact) mass is 311 g/mol. The summed E-state index contributed by atoms with van der Waals surface area (Å²) < 4.78 is 0. The number of carbonyl (C=O) groups excluding carboxylic acids is 1. The van der Waals surface area contributed by atoms with Crippen LogP contribution in [0.25, 0.3) is 0 Å². The first kappa shape index (κ1) is 14.2. The number of nitro groups is 1. The SMILES string of the molecule is O=C(Nc1cc([N+](=O)[O-])ccc1Cl)c1ccncc1Cl. The van der Waals surface area contributed by atoms with Gasteiger partial charge < -0.3 is 5.32 Å². The maximum atomic E-state index is 12.0. The lowest BCUT2D eigenvalue weighted by molar-refractivity contribution is -0.384. The van der Waals surface area contributed by atoms with Crippen molar-refractivity contribution >= 4 is 40.5 Å². The summed E-state index contributed by atoms with van der Waals surface area (Å²) in [5.74, 6) is -0.528. The van der Waals surface area contributed by atoms with Gasteiger partial charge in [0.15, 0.2) is 0 Å². The fraction of sp³-hybridized carbons (Fsp3) is 0. The molecule has 0 aliphatic rings. The molecule has 1 aromatic heterocycles. The average molecular weight is 312 g/mol. The van der Waals surface area contributed by atoms with Crippen LogP contribution < -0.4 is 5.32 Å². The van der Waals surface area contributed by atoms with Crippen molar-refractivity contribution in [3.63, 3.8) is 0 Å². The molecule has 1 aromatic carbocycles. The second-order valence-corrected chi connectivity index (χ2v) is 4.55. The van der Waals surface area contributed by atoms with Crippen LogP contribution >= 0.6 is 23.2 Å². The molecule has 0 aliphatic heterocycles. The molecule has 1 amide bonds. The Bertz CT molecular complexity index is 691. The number of amides is 1. The summed E-state index contributed by atoms with van der Waals surface area (Å²) in [7, 11) is 0. The number of nitrogens with one attached hydrogen (secondary N) is 1. The minimum Gasteiger partial charge on any atom is -0.320 e. The van der Waals surface area contributed by atoms with Gasteiger partial charge in [0.25, 0.3) is 11.6 Å². The van der Waals surface area contributed by atoms with Gasteiger partial charge in [-0.05, 0) is 12.1 Å². The first-order valence-corrected chi connectivity index (χ1v) is 6.09. The third-order valence-corrected chi connectivity index (χ3v) is 3.06. The van der Waals surface area contributed by atoms with Gasteiger partial charge in [0.1, 0.15) is 0 Å². The fourth-order valence-corrected chi connectivity index (χ4v) is 1.84. The Morgan fingerprint density at radius 3 is 2.65 bits per heavy atom. The molecule has 0 bridgehead atoms. The Labute approximate surface area is 123 Å². The van der Waals surface area contributed by atoms with E-state index in [1.165, 1.54) is 36.7 Å². The van der Waals surface area contributed by atoms with Crippen molar-refractivity contribution in [2.24, 2.45) is 0 Å². The van der Waals surface area contributed by atoms with Crippen LogP contribution in [0.3, 0.4) is 0 Å². The van der Waals surface area contributed by atoms with Gasteiger partial charge in [-0.3, -0.25) is 19.9 Å². The van der Waals surface area contributed by atoms with E-state index in [2.05, 4.69) is 10.3 Å². The van der Waals surface area contributed by atoms with E-state index < -0.39 is 10.8 Å². The number of rotatable bonds is 3. The Morgan fingerprint density at radius 1 is 1.25 bits per heavy atom. The van der Waals surface area contributed by atoms with Crippen molar-refractivity contribution in [2.45, 2.75) is 0 Å². The number of benzene rings is 1. The zero-order valence-corrected chi connectivity index (χ0v) is 11.4. The first-order chi connectivity index (χ1) is 9.49. The van der Waals surface area contributed by atoms with Crippen LogP contribution in [0, 0.1) is 10.1 Å². The van der Waals surface area contributed by atoms with Gasteiger partial charge in [-0.2, -0.15) is 0 Å². The number of aromatic nitrogens is 1. The van der Waals surface area contributed by atoms with E-state index in [1.54, 1.807) is 0 Å². The lowest BCUT2D eigenvalue weighted by Gasteiger charge is -2.07. The van der Waals surface area contributed by atoms with Crippen LogP contribution in [0.4, 0.5) is 11.4 Å². The van der Waals surface area contributed by atoms with E-state index in [4.69, 9.17) is 23.2 Å². The highest BCUT2D eigenvalue weighted by Gasteiger charge is 2.15. The van der Waals surface area contributed by atoms with Crippen LogP contribution in [-0.2, 0) is 0 Å². The Balaban J connectivity index is 2.30. The number of halogens is 2. The third kappa shape index (κ3) is 3.04. The molecule has 0 radical (unpaired) electrons. The molecule has 1 heterocycles. The summed E-state index contributed by atoms with van der Waals surface area (Å²) in [4.78, 5) is 25.9. The molecule has 0 saturated carbocycles. The second kappa shape index (κ2) is 5.85. The molecule has 8 heteroatoms. The summed E-state index contributed by atoms with van der Waals surface area (Å²) in [5, 5.41) is 13.5. The highest BCUT2D eigenvalue weighted by atomic mass is 35.5. The van der Waals surface area contributed by atoms with Gasteiger partial charge in [0.2, 0.25) is 0 Å². The van der Waals surface area contributed by atoms with E-state index >= 15 is 0 Å². The number of hydrogen-bond donors (Lipinski definition) is 1. The van der Waals surface area contributed by atoms with Crippen LogP contribution in [-0.4, -0.2) is 15.8 Å². The van der Waals surface area contributed by atoms with Crippen molar-refractivity contribution < 1.29 is 9.72 Å². The van der Waals surface area contributed by atoms with E-state index in [0.717, 1.165) is 0 Å². The quantitative estimate of drug-likeness (QED) is 0.693. The smallest absolute Gasteiger partial charge is 0.271 e. The molecule has 2 aromatic rings. The third-order valence-electron chi connectivity index (χ3n) is 2.43. The number of anilines is 1. The molecule has 20 heavy (non-hydrogen) atoms. The Morgan fingerprint density at radius 2 is 2.00 bits per heavy atom. The maximum absolute atomic E-state index is 12.0. The van der Waals surface area contributed by atoms with Crippen molar-refractivity contribution in [3.8, 4) is 0 Å². The van der Waals surface area contributed by atoms with Crippen LogP contribution in [0.2, 0.25) is 10.0 Å². The largest absolute Gasteiger partial charge is 0.320 e. The van der Waals surface area contributed by atoms with Crippen molar-refractivity contribution in [1.82, 2.24) is 4.98 Å². The normalized spacial score (nSPS) is 10.1. The van der Waals surface area contributed by atoms with Gasteiger partial charge >= 0.3 is 0 Å². The molecule has 6 nitrogen and oxygen atoms in total. The Kier molecular flexibility index (Phi) is 4.16. The molecule has 0 unspecified atom stereocenters. The second-order valence-electron chi connectivity index (χ2n) is 3.73. The topological polar surface area (TPSA) is 85.1 Å². The summed E-state index contributed by atoms with van der Waals surface area (Å²) in [6.07, 6.45) is 2.74. The highest BCUT2D eigenvalue weighted by Crippen LogP contribution is 2.27. The molecule has 102 valence electrons. The number of hydrogen-bond acceptors (Lipinski definition) is 4. The molecule has 1 N–H and O–H groups in total. The molecular formula is C12H7Cl2N3O3. The minimum atomic E-state index is -0.578. The summed E-state index contributed by atoms with van der Waals surface area (Å²) in [6, 6.07) is 5.19. The van der Waals surface area contributed by atoms with E-state index in [0.29, 0.717) is 0 Å². The predicted molar refractivity (Wildman–Crippen MR) is 75.3 cm³/mol. The van der Waals surface area contributed by atoms with Gasteiger partial charge in [-0.15, -0.1) is 0 Å². The number of carbonyl (C=O) groups is 1. The molecule has 0 aliphatic carbocycles. The number of non-ortho nitro benzene ring substituents is 1. The van der Waals surface area contributed by atoms with Crippen LogP contribution in [0.1, 0.15) is 10.4 Å². The molecule has 0 saturated heterocycles. The lowest BCUT2D eigenvalue weighted by Crippen LogP contribution is -2.13. The molecule has 0 atom stereocenters. The molecule has 2 rings (SSSR count). The Hall–Kier alpha value is -2.18. The number of pyridine rings is 1. The average Bonchev–Trinajstić information content (AvgIpc) is 2.41. The summed E-state index contributed by atoms with van der Waals surface area (Å²) in [6.45, 7) is 0. The zero-order valence-electron chi connectivity index (χ0n) is 9.84. The van der Waals surface area contributed by atoms with Crippen molar-refractivity contribution in [2.75, 3.05) is 5.32 Å². The maximum Gasteiger partial charge on any atom is 0.271 e. The molecular weight excluding hydrogens is 305 g/mol. The summed E-state index contributed by atoms with van der Waals surface area (Å²) in [5.41, 5.74) is 0.161. The van der Waals surface area contributed by atoms with Crippen LogP contribution in [0.15, 0.2) is 36.7 Å². The molecule has 0 spiro atoms. The van der Waals surface area contributed by atoms with Crippen LogP contribution in [0.5, 0.6) is 0 Å². The fourth-order valence-electron chi connectivity index (χ4n) is 1.47. The van der Waals surface area contributed by atoms with E-state index in [-0.39, 0.29) is 27.0 Å². The summed E-state index contributed by atoms with van der Waals surface area (Å²) >= 11 is 11.7. The van der Waals surface area contributed by atoms with E-state index in [1.807, 2.05) is 0 Å². The van der Waals surface area contributed by atoms with E-state index in [9.17, 15) is 14.9 Å². The zero-order chi connectivity index (χ0) is 14.7. The minimum absolute atomic E-state index is 0.138. The van der Waals surface area contributed by atoms with Gasteiger partial charge in [0, 0.05) is 24.5 Å². The van der Waals surface area contributed by atoms with Gasteiger partial charge in [0.05, 0.1) is 26.2 Å². The van der Waals surface area contributed by atoms with Crippen molar-refractivity contribution in [3.05, 3.63) is 62.4 Å². The molecule has 0 fully saturated rings. The lowest BCUT2D eigenvalue weighted by atomic mass is 10.2. The van der Waals surface area contributed by atoms with Crippen molar-refractivity contribution in [1.29, 1.82) is 0 Å². The number of nitro benzene ring substituents is 1. The highest BCUT2D eigenvalue weighted by molar-refractivity contribution is 6.35. The first-order valence-electron chi connectivity index (χ1n) is 5.34. The van der Waals surface area contributed by atoms with Gasteiger partial charge in [-0.1, -0.05) is 23.2 Å². The van der Waals surface area contributed by atoms with Gasteiger partial charge in [-0.25, -0.2) is 0 Å². The predicted octanol–water partition coefficient (Wildman–Crippen LogP) is 3.55.